The number of hydrogen-bond acceptors (Lipinski definition) is 6. The fraction of sp³-hybridized carbons (Fsp3) is 0.400. The van der Waals surface area contributed by atoms with E-state index >= 15 is 0 Å². The van der Waals surface area contributed by atoms with Crippen LogP contribution in [-0.2, 0) is 0 Å². The molecule has 7 nitrogen and oxygen atoms in total. The highest BCUT2D eigenvalue weighted by atomic mass is 16.6. The SMILES string of the molecule is Cc1ncc(C(O)C(O)CC#N)cc1[N+](=O)[O-]. The van der Waals surface area contributed by atoms with Gasteiger partial charge in [0.25, 0.3) is 5.69 Å². The lowest BCUT2D eigenvalue weighted by atomic mass is 10.0. The van der Waals surface area contributed by atoms with Crippen LogP contribution in [0.15, 0.2) is 12.3 Å². The van der Waals surface area contributed by atoms with Crippen molar-refractivity contribution in [2.24, 2.45) is 0 Å². The summed E-state index contributed by atoms with van der Waals surface area (Å²) in [6.45, 7) is 1.47. The predicted molar refractivity (Wildman–Crippen MR) is 56.8 cm³/mol. The van der Waals surface area contributed by atoms with Crippen molar-refractivity contribution in [1.29, 1.82) is 5.26 Å². The van der Waals surface area contributed by atoms with Crippen molar-refractivity contribution in [2.75, 3.05) is 0 Å². The molecule has 0 radical (unpaired) electrons. The van der Waals surface area contributed by atoms with Crippen LogP contribution >= 0.6 is 0 Å². The lowest BCUT2D eigenvalue weighted by Crippen LogP contribution is -2.18. The molecule has 0 amide bonds. The Balaban J connectivity index is 3.04. The van der Waals surface area contributed by atoms with Crippen molar-refractivity contribution in [3.8, 4) is 6.07 Å². The number of pyridine rings is 1. The van der Waals surface area contributed by atoms with Crippen LogP contribution in [0.4, 0.5) is 5.69 Å². The van der Waals surface area contributed by atoms with Gasteiger partial charge >= 0.3 is 0 Å². The first-order chi connectivity index (χ1) is 7.97. The van der Waals surface area contributed by atoms with Crippen LogP contribution < -0.4 is 0 Å². The Labute approximate surface area is 97.1 Å². The molecule has 0 saturated carbocycles. The summed E-state index contributed by atoms with van der Waals surface area (Å²) in [5, 5.41) is 38.1. The summed E-state index contributed by atoms with van der Waals surface area (Å²) in [7, 11) is 0. The standard InChI is InChI=1S/C10H11N3O4/c1-6-8(13(16)17)4-7(5-12-6)10(15)9(14)2-3-11/h4-5,9-10,14-15H,2H2,1H3. The number of aliphatic hydroxyl groups is 2. The zero-order valence-corrected chi connectivity index (χ0v) is 9.07. The molecule has 2 atom stereocenters. The molecule has 1 rings (SSSR count). The van der Waals surface area contributed by atoms with E-state index in [1.54, 1.807) is 6.07 Å². The molecule has 0 aliphatic rings. The van der Waals surface area contributed by atoms with Crippen molar-refractivity contribution < 1.29 is 15.1 Å². The second-order valence-corrected chi connectivity index (χ2v) is 3.50. The molecule has 0 aliphatic carbocycles. The average molecular weight is 237 g/mol. The summed E-state index contributed by atoms with van der Waals surface area (Å²) < 4.78 is 0. The van der Waals surface area contributed by atoms with Crippen LogP contribution in [0.2, 0.25) is 0 Å². The smallest absolute Gasteiger partial charge is 0.290 e. The lowest BCUT2D eigenvalue weighted by molar-refractivity contribution is -0.385. The van der Waals surface area contributed by atoms with E-state index in [0.717, 1.165) is 6.07 Å². The Morgan fingerprint density at radius 2 is 2.29 bits per heavy atom. The van der Waals surface area contributed by atoms with Gasteiger partial charge in [0.05, 0.1) is 23.5 Å². The molecule has 7 heteroatoms. The molecule has 0 bridgehead atoms. The molecule has 2 N–H and O–H groups in total. The number of aromatic nitrogens is 1. The summed E-state index contributed by atoms with van der Waals surface area (Å²) in [6.07, 6.45) is -1.67. The number of nitro groups is 1. The van der Waals surface area contributed by atoms with Crippen LogP contribution in [0.1, 0.15) is 23.8 Å². The highest BCUT2D eigenvalue weighted by Crippen LogP contribution is 2.24. The Morgan fingerprint density at radius 1 is 1.65 bits per heavy atom. The molecule has 2 unspecified atom stereocenters. The van der Waals surface area contributed by atoms with Crippen molar-refractivity contribution in [3.05, 3.63) is 33.6 Å². The molecular weight excluding hydrogens is 226 g/mol. The third-order valence-corrected chi connectivity index (χ3v) is 2.28. The Morgan fingerprint density at radius 3 is 2.82 bits per heavy atom. The van der Waals surface area contributed by atoms with E-state index in [2.05, 4.69) is 4.98 Å². The zero-order chi connectivity index (χ0) is 13.0. The number of aliphatic hydroxyl groups excluding tert-OH is 2. The second kappa shape index (κ2) is 5.34. The molecule has 90 valence electrons. The number of hydrogen-bond donors (Lipinski definition) is 2. The number of nitriles is 1. The fourth-order valence-corrected chi connectivity index (χ4v) is 1.31. The van der Waals surface area contributed by atoms with Crippen LogP contribution in [0.5, 0.6) is 0 Å². The largest absolute Gasteiger partial charge is 0.389 e. The summed E-state index contributed by atoms with van der Waals surface area (Å²) in [5.41, 5.74) is 0.108. The first-order valence-electron chi connectivity index (χ1n) is 4.81. The molecule has 0 aliphatic heterocycles. The highest BCUT2D eigenvalue weighted by molar-refractivity contribution is 5.38. The maximum atomic E-state index is 10.7. The first kappa shape index (κ1) is 13.0. The number of aryl methyl sites for hydroxylation is 1. The molecule has 0 spiro atoms. The van der Waals surface area contributed by atoms with E-state index in [9.17, 15) is 20.3 Å². The van der Waals surface area contributed by atoms with Gasteiger partial charge in [0, 0.05) is 17.8 Å². The van der Waals surface area contributed by atoms with Crippen LogP contribution in [-0.4, -0.2) is 26.2 Å². The third kappa shape index (κ3) is 2.96. The van der Waals surface area contributed by atoms with E-state index in [-0.39, 0.29) is 23.4 Å². The van der Waals surface area contributed by atoms with Gasteiger partial charge in [-0.15, -0.1) is 0 Å². The van der Waals surface area contributed by atoms with Crippen molar-refractivity contribution >= 4 is 5.69 Å². The van der Waals surface area contributed by atoms with Gasteiger partial charge in [0.1, 0.15) is 11.8 Å². The normalized spacial score (nSPS) is 13.8. The number of rotatable bonds is 4. The maximum Gasteiger partial charge on any atom is 0.290 e. The minimum atomic E-state index is -1.36. The molecule has 1 aromatic heterocycles. The van der Waals surface area contributed by atoms with Gasteiger partial charge in [-0.25, -0.2) is 0 Å². The van der Waals surface area contributed by atoms with Crippen LogP contribution in [0.25, 0.3) is 0 Å². The minimum Gasteiger partial charge on any atom is -0.389 e. The monoisotopic (exact) mass is 237 g/mol. The zero-order valence-electron chi connectivity index (χ0n) is 9.07. The minimum absolute atomic E-state index is 0.116. The highest BCUT2D eigenvalue weighted by Gasteiger charge is 2.22. The first-order valence-corrected chi connectivity index (χ1v) is 4.81. The molecule has 17 heavy (non-hydrogen) atoms. The van der Waals surface area contributed by atoms with Gasteiger partial charge in [0.2, 0.25) is 0 Å². The fourth-order valence-electron chi connectivity index (χ4n) is 1.31. The average Bonchev–Trinajstić information content (AvgIpc) is 2.28. The Kier molecular flexibility index (Phi) is 4.09. The van der Waals surface area contributed by atoms with E-state index in [1.165, 1.54) is 13.1 Å². The predicted octanol–water partition coefficient (Wildman–Crippen LogP) is 0.606. The topological polar surface area (TPSA) is 120 Å². The summed E-state index contributed by atoms with van der Waals surface area (Å²) in [6, 6.07) is 2.85. The summed E-state index contributed by atoms with van der Waals surface area (Å²) >= 11 is 0. The molecule has 0 saturated heterocycles. The molecule has 0 fully saturated rings. The Hall–Kier alpha value is -2.04. The second-order valence-electron chi connectivity index (χ2n) is 3.50. The Bertz CT molecular complexity index is 469. The molecule has 0 aromatic carbocycles. The number of nitrogens with zero attached hydrogens (tertiary/aromatic N) is 3. The van der Waals surface area contributed by atoms with Crippen LogP contribution in [0.3, 0.4) is 0 Å². The van der Waals surface area contributed by atoms with Gasteiger partial charge in [-0.3, -0.25) is 15.1 Å². The van der Waals surface area contributed by atoms with Crippen LogP contribution in [0, 0.1) is 28.4 Å². The van der Waals surface area contributed by atoms with E-state index in [0.29, 0.717) is 0 Å². The molecule has 1 heterocycles. The summed E-state index contributed by atoms with van der Waals surface area (Å²) in [4.78, 5) is 13.8. The van der Waals surface area contributed by atoms with Crippen molar-refractivity contribution in [3.63, 3.8) is 0 Å². The van der Waals surface area contributed by atoms with E-state index in [1.807, 2.05) is 0 Å². The van der Waals surface area contributed by atoms with Crippen molar-refractivity contribution in [1.82, 2.24) is 4.98 Å². The van der Waals surface area contributed by atoms with Gasteiger partial charge < -0.3 is 10.2 Å². The third-order valence-electron chi connectivity index (χ3n) is 2.28. The molecule has 1 aromatic rings. The van der Waals surface area contributed by atoms with Crippen molar-refractivity contribution in [2.45, 2.75) is 25.6 Å². The lowest BCUT2D eigenvalue weighted by Gasteiger charge is -2.15. The van der Waals surface area contributed by atoms with Gasteiger partial charge in [0.15, 0.2) is 0 Å². The molecular formula is C10H11N3O4. The van der Waals surface area contributed by atoms with Gasteiger partial charge in [-0.1, -0.05) is 0 Å². The van der Waals surface area contributed by atoms with E-state index < -0.39 is 17.1 Å². The van der Waals surface area contributed by atoms with Gasteiger partial charge in [-0.05, 0) is 6.92 Å². The quantitative estimate of drug-likeness (QED) is 0.584. The van der Waals surface area contributed by atoms with Gasteiger partial charge in [-0.2, -0.15) is 5.26 Å². The van der Waals surface area contributed by atoms with E-state index in [4.69, 9.17) is 5.26 Å². The summed E-state index contributed by atoms with van der Waals surface area (Å²) in [5.74, 6) is 0. The maximum absolute atomic E-state index is 10.7.